The first-order valence-corrected chi connectivity index (χ1v) is 9.35. The second-order valence-corrected chi connectivity index (χ2v) is 6.98. The lowest BCUT2D eigenvalue weighted by molar-refractivity contribution is 0.445. The molecular weight excluding hydrogens is 406 g/mol. The molecule has 158 valence electrons. The number of hydrogen-bond donors (Lipinski definition) is 1. The summed E-state index contributed by atoms with van der Waals surface area (Å²) in [6, 6.07) is 6.27. The average molecular weight is 424 g/mol. The lowest BCUT2D eigenvalue weighted by Gasteiger charge is -2.14. The fourth-order valence-electron chi connectivity index (χ4n) is 3.36. The van der Waals surface area contributed by atoms with Crippen LogP contribution in [0.5, 0.6) is 5.75 Å². The number of hydrogen-bond acceptors (Lipinski definition) is 1. The van der Waals surface area contributed by atoms with Gasteiger partial charge >= 0.3 is 0 Å². The molecule has 0 saturated heterocycles. The van der Waals surface area contributed by atoms with Gasteiger partial charge in [-0.25, -0.2) is 26.3 Å². The van der Waals surface area contributed by atoms with E-state index in [0.29, 0.717) is 18.1 Å². The van der Waals surface area contributed by atoms with Crippen molar-refractivity contribution in [2.75, 3.05) is 0 Å². The zero-order chi connectivity index (χ0) is 22.0. The van der Waals surface area contributed by atoms with Gasteiger partial charge in [-0.05, 0) is 48.6 Å². The maximum absolute atomic E-state index is 15.1. The minimum Gasteiger partial charge on any atom is -0.507 e. The Morgan fingerprint density at radius 3 is 1.90 bits per heavy atom. The van der Waals surface area contributed by atoms with Crippen LogP contribution in [0, 0.1) is 34.9 Å². The fourth-order valence-corrected chi connectivity index (χ4v) is 3.36. The van der Waals surface area contributed by atoms with E-state index in [-0.39, 0.29) is 24.0 Å². The van der Waals surface area contributed by atoms with E-state index < -0.39 is 51.8 Å². The van der Waals surface area contributed by atoms with Crippen LogP contribution in [0.15, 0.2) is 36.4 Å². The highest BCUT2D eigenvalue weighted by atomic mass is 19.2. The number of aryl methyl sites for hydroxylation is 2. The maximum Gasteiger partial charge on any atom is 0.194 e. The standard InChI is InChI=1S/C23H18F6O/c1-2-3-12-4-6-14(16(24)8-12)21-20(30)11-17(25)15(22(21)28)7-5-13-9-18(26)23(29)19(27)10-13/h4,6,8-11,30H,2-3,5,7H2,1H3. The molecule has 3 aromatic rings. The number of benzene rings is 3. The Labute approximate surface area is 169 Å². The monoisotopic (exact) mass is 424 g/mol. The van der Waals surface area contributed by atoms with Gasteiger partial charge in [0, 0.05) is 17.2 Å². The van der Waals surface area contributed by atoms with Gasteiger partial charge in [-0.15, -0.1) is 0 Å². The van der Waals surface area contributed by atoms with E-state index >= 15 is 4.39 Å². The average Bonchev–Trinajstić information content (AvgIpc) is 2.67. The van der Waals surface area contributed by atoms with Crippen molar-refractivity contribution < 1.29 is 31.4 Å². The van der Waals surface area contributed by atoms with Crippen molar-refractivity contribution in [3.05, 3.63) is 88.0 Å². The molecule has 0 amide bonds. The molecule has 7 heteroatoms. The highest BCUT2D eigenvalue weighted by molar-refractivity contribution is 5.72. The molecule has 1 N–H and O–H groups in total. The van der Waals surface area contributed by atoms with Crippen molar-refractivity contribution in [2.45, 2.75) is 32.6 Å². The Morgan fingerprint density at radius 1 is 0.667 bits per heavy atom. The maximum atomic E-state index is 15.1. The van der Waals surface area contributed by atoms with Crippen LogP contribution < -0.4 is 0 Å². The number of halogens is 6. The van der Waals surface area contributed by atoms with Gasteiger partial charge in [-0.1, -0.05) is 25.5 Å². The van der Waals surface area contributed by atoms with Crippen LogP contribution in [0.25, 0.3) is 11.1 Å². The third-order valence-electron chi connectivity index (χ3n) is 4.84. The molecule has 0 atom stereocenters. The summed E-state index contributed by atoms with van der Waals surface area (Å²) >= 11 is 0. The van der Waals surface area contributed by atoms with E-state index in [0.717, 1.165) is 18.6 Å². The smallest absolute Gasteiger partial charge is 0.194 e. The van der Waals surface area contributed by atoms with Crippen LogP contribution in [-0.2, 0) is 19.3 Å². The van der Waals surface area contributed by atoms with Crippen LogP contribution in [0.4, 0.5) is 26.3 Å². The van der Waals surface area contributed by atoms with E-state index in [1.165, 1.54) is 12.1 Å². The molecule has 3 rings (SSSR count). The Hall–Kier alpha value is -2.96. The van der Waals surface area contributed by atoms with Crippen molar-refractivity contribution in [2.24, 2.45) is 0 Å². The van der Waals surface area contributed by atoms with Gasteiger partial charge in [0.15, 0.2) is 17.5 Å². The van der Waals surface area contributed by atoms with E-state index in [1.54, 1.807) is 6.07 Å². The van der Waals surface area contributed by atoms with E-state index in [1.807, 2.05) is 6.92 Å². The lowest BCUT2D eigenvalue weighted by atomic mass is 9.95. The summed E-state index contributed by atoms with van der Waals surface area (Å²) in [5, 5.41) is 10.0. The summed E-state index contributed by atoms with van der Waals surface area (Å²) in [5.41, 5.74) is -0.519. The molecule has 1 nitrogen and oxygen atoms in total. The molecule has 0 aliphatic heterocycles. The van der Waals surface area contributed by atoms with Crippen LogP contribution >= 0.6 is 0 Å². The molecule has 0 unspecified atom stereocenters. The minimum atomic E-state index is -1.63. The first-order chi connectivity index (χ1) is 14.2. The second kappa shape index (κ2) is 8.81. The number of phenolic OH excluding ortho intramolecular Hbond substituents is 1. The van der Waals surface area contributed by atoms with Gasteiger partial charge in [0.05, 0.1) is 5.56 Å². The Kier molecular flexibility index (Phi) is 6.39. The summed E-state index contributed by atoms with van der Waals surface area (Å²) in [5.74, 6) is -8.24. The third kappa shape index (κ3) is 4.30. The molecule has 0 saturated carbocycles. The molecule has 30 heavy (non-hydrogen) atoms. The highest BCUT2D eigenvalue weighted by Crippen LogP contribution is 2.37. The van der Waals surface area contributed by atoms with Gasteiger partial charge in [-0.3, -0.25) is 0 Å². The first kappa shape index (κ1) is 21.7. The van der Waals surface area contributed by atoms with Crippen LogP contribution in [0.2, 0.25) is 0 Å². The molecule has 0 aromatic heterocycles. The molecular formula is C23H18F6O. The summed E-state index contributed by atoms with van der Waals surface area (Å²) in [4.78, 5) is 0. The van der Waals surface area contributed by atoms with Gasteiger partial charge in [0.25, 0.3) is 0 Å². The predicted molar refractivity (Wildman–Crippen MR) is 101 cm³/mol. The predicted octanol–water partition coefficient (Wildman–Crippen LogP) is 6.63. The zero-order valence-corrected chi connectivity index (χ0v) is 16.0. The normalized spacial score (nSPS) is 11.2. The van der Waals surface area contributed by atoms with Crippen LogP contribution in [0.3, 0.4) is 0 Å². The molecule has 0 radical (unpaired) electrons. The number of phenols is 1. The number of rotatable bonds is 6. The Morgan fingerprint density at radius 2 is 1.30 bits per heavy atom. The quantitative estimate of drug-likeness (QED) is 0.348. The van der Waals surface area contributed by atoms with Crippen molar-refractivity contribution >= 4 is 0 Å². The summed E-state index contributed by atoms with van der Waals surface area (Å²) in [6.45, 7) is 1.92. The van der Waals surface area contributed by atoms with Gasteiger partial charge in [-0.2, -0.15) is 0 Å². The Bertz CT molecular complexity index is 1070. The van der Waals surface area contributed by atoms with Crippen molar-refractivity contribution in [3.63, 3.8) is 0 Å². The molecule has 0 aliphatic carbocycles. The Balaban J connectivity index is 1.98. The summed E-state index contributed by atoms with van der Waals surface area (Å²) < 4.78 is 83.7. The lowest BCUT2D eigenvalue weighted by Crippen LogP contribution is -2.04. The van der Waals surface area contributed by atoms with Crippen molar-refractivity contribution in [3.8, 4) is 16.9 Å². The topological polar surface area (TPSA) is 20.2 Å². The summed E-state index contributed by atoms with van der Waals surface area (Å²) in [6.07, 6.45) is 0.851. The first-order valence-electron chi connectivity index (χ1n) is 9.35. The minimum absolute atomic E-state index is 0.00470. The summed E-state index contributed by atoms with van der Waals surface area (Å²) in [7, 11) is 0. The van der Waals surface area contributed by atoms with Crippen molar-refractivity contribution in [1.29, 1.82) is 0 Å². The van der Waals surface area contributed by atoms with E-state index in [2.05, 4.69) is 0 Å². The molecule has 0 bridgehead atoms. The molecule has 0 fully saturated rings. The van der Waals surface area contributed by atoms with E-state index in [9.17, 15) is 27.1 Å². The van der Waals surface area contributed by atoms with Crippen molar-refractivity contribution in [1.82, 2.24) is 0 Å². The number of aromatic hydroxyl groups is 1. The van der Waals surface area contributed by atoms with Crippen LogP contribution in [0.1, 0.15) is 30.0 Å². The molecule has 3 aromatic carbocycles. The highest BCUT2D eigenvalue weighted by Gasteiger charge is 2.22. The molecule has 0 heterocycles. The van der Waals surface area contributed by atoms with Gasteiger partial charge in [0.1, 0.15) is 23.2 Å². The second-order valence-electron chi connectivity index (χ2n) is 6.98. The molecule has 0 aliphatic rings. The SMILES string of the molecule is CCCc1ccc(-c2c(O)cc(F)c(CCc3cc(F)c(F)c(F)c3)c2F)c(F)c1. The van der Waals surface area contributed by atoms with Gasteiger partial charge < -0.3 is 5.11 Å². The van der Waals surface area contributed by atoms with Crippen LogP contribution in [-0.4, -0.2) is 5.11 Å². The largest absolute Gasteiger partial charge is 0.507 e. The fraction of sp³-hybridized carbons (Fsp3) is 0.217. The molecule has 0 spiro atoms. The zero-order valence-electron chi connectivity index (χ0n) is 16.0. The third-order valence-corrected chi connectivity index (χ3v) is 4.84. The van der Waals surface area contributed by atoms with Gasteiger partial charge in [0.2, 0.25) is 0 Å². The van der Waals surface area contributed by atoms with E-state index in [4.69, 9.17) is 0 Å².